The van der Waals surface area contributed by atoms with E-state index in [1.54, 1.807) is 0 Å². The maximum atomic E-state index is 5.59. The molecule has 0 atom stereocenters. The molecule has 0 heterocycles. The van der Waals surface area contributed by atoms with Crippen molar-refractivity contribution >= 4 is 0 Å². The smallest absolute Gasteiger partial charge is 0.0514 e. The topological polar surface area (TPSA) is 9.23 Å². The van der Waals surface area contributed by atoms with E-state index in [2.05, 4.69) is 41.5 Å². The molecule has 0 aliphatic carbocycles. The Morgan fingerprint density at radius 3 is 1.77 bits per heavy atom. The highest BCUT2D eigenvalue weighted by molar-refractivity contribution is 4.62. The number of rotatable bonds is 4. The highest BCUT2D eigenvalue weighted by Crippen LogP contribution is 2.20. The second-order valence-corrected chi connectivity index (χ2v) is 6.28. The van der Waals surface area contributed by atoms with Gasteiger partial charge in [0.05, 0.1) is 6.61 Å². The lowest BCUT2D eigenvalue weighted by Gasteiger charge is -2.20. The Balaban J connectivity index is 3.28. The third-order valence-corrected chi connectivity index (χ3v) is 1.75. The van der Waals surface area contributed by atoms with E-state index in [-0.39, 0.29) is 0 Å². The zero-order valence-corrected chi connectivity index (χ0v) is 10.2. The standard InChI is InChI=1S/C12H26O/c1-11(2,3)8-7-9-13-10-12(4,5)6/h7-10H2,1-6H3. The van der Waals surface area contributed by atoms with E-state index in [1.807, 2.05) is 0 Å². The van der Waals surface area contributed by atoms with Gasteiger partial charge in [-0.15, -0.1) is 0 Å². The molecule has 0 fully saturated rings. The SMILES string of the molecule is CC(C)(C)CCCOCC(C)(C)C. The largest absolute Gasteiger partial charge is 0.381 e. The molecule has 13 heavy (non-hydrogen) atoms. The lowest BCUT2D eigenvalue weighted by atomic mass is 9.91. The van der Waals surface area contributed by atoms with Crippen LogP contribution in [0.1, 0.15) is 54.4 Å². The van der Waals surface area contributed by atoms with E-state index < -0.39 is 0 Å². The number of hydrogen-bond acceptors (Lipinski definition) is 1. The fourth-order valence-electron chi connectivity index (χ4n) is 1.08. The molecule has 0 aliphatic heterocycles. The first-order valence-corrected chi connectivity index (χ1v) is 5.28. The molecule has 0 unspecified atom stereocenters. The molecule has 0 amide bonds. The summed E-state index contributed by atoms with van der Waals surface area (Å²) in [5, 5.41) is 0. The minimum Gasteiger partial charge on any atom is -0.381 e. The van der Waals surface area contributed by atoms with Gasteiger partial charge < -0.3 is 4.74 Å². The first-order valence-electron chi connectivity index (χ1n) is 5.28. The van der Waals surface area contributed by atoms with E-state index in [1.165, 1.54) is 12.8 Å². The molecule has 0 saturated heterocycles. The van der Waals surface area contributed by atoms with Gasteiger partial charge in [0.25, 0.3) is 0 Å². The molecular formula is C12H26O. The average molecular weight is 186 g/mol. The Hall–Kier alpha value is -0.0400. The Labute approximate surface area is 83.9 Å². The summed E-state index contributed by atoms with van der Waals surface area (Å²) in [6.07, 6.45) is 2.43. The zero-order valence-electron chi connectivity index (χ0n) is 10.2. The molecule has 0 aliphatic rings. The van der Waals surface area contributed by atoms with Crippen molar-refractivity contribution in [2.45, 2.75) is 54.4 Å². The van der Waals surface area contributed by atoms with Crippen molar-refractivity contribution in [1.29, 1.82) is 0 Å². The molecule has 0 radical (unpaired) electrons. The first-order chi connectivity index (χ1) is 5.71. The average Bonchev–Trinajstić information content (AvgIpc) is 1.81. The van der Waals surface area contributed by atoms with Crippen LogP contribution in [0.4, 0.5) is 0 Å². The predicted octanol–water partition coefficient (Wildman–Crippen LogP) is 3.88. The Morgan fingerprint density at radius 2 is 1.38 bits per heavy atom. The van der Waals surface area contributed by atoms with Crippen LogP contribution in [0.25, 0.3) is 0 Å². The summed E-state index contributed by atoms with van der Waals surface area (Å²) >= 11 is 0. The molecule has 0 saturated carbocycles. The van der Waals surface area contributed by atoms with Crippen LogP contribution < -0.4 is 0 Å². The fourth-order valence-corrected chi connectivity index (χ4v) is 1.08. The maximum Gasteiger partial charge on any atom is 0.0514 e. The van der Waals surface area contributed by atoms with E-state index in [4.69, 9.17) is 4.74 Å². The Kier molecular flexibility index (Phi) is 4.98. The van der Waals surface area contributed by atoms with Gasteiger partial charge in [-0.2, -0.15) is 0 Å². The second-order valence-electron chi connectivity index (χ2n) is 6.28. The van der Waals surface area contributed by atoms with Crippen LogP contribution in [0.2, 0.25) is 0 Å². The normalized spacial score (nSPS) is 13.4. The quantitative estimate of drug-likeness (QED) is 0.605. The molecule has 0 aromatic carbocycles. The summed E-state index contributed by atoms with van der Waals surface area (Å²) in [5.74, 6) is 0. The van der Waals surface area contributed by atoms with Crippen LogP contribution in [0.15, 0.2) is 0 Å². The molecule has 0 spiro atoms. The van der Waals surface area contributed by atoms with Crippen molar-refractivity contribution in [1.82, 2.24) is 0 Å². The van der Waals surface area contributed by atoms with Crippen molar-refractivity contribution < 1.29 is 4.74 Å². The van der Waals surface area contributed by atoms with Gasteiger partial charge in [0, 0.05) is 6.61 Å². The molecular weight excluding hydrogens is 160 g/mol. The van der Waals surface area contributed by atoms with E-state index in [9.17, 15) is 0 Å². The van der Waals surface area contributed by atoms with Gasteiger partial charge in [0.1, 0.15) is 0 Å². The maximum absolute atomic E-state index is 5.59. The highest BCUT2D eigenvalue weighted by atomic mass is 16.5. The van der Waals surface area contributed by atoms with Gasteiger partial charge >= 0.3 is 0 Å². The van der Waals surface area contributed by atoms with Gasteiger partial charge in [-0.3, -0.25) is 0 Å². The van der Waals surface area contributed by atoms with Gasteiger partial charge in [-0.05, 0) is 23.7 Å². The molecule has 0 rings (SSSR count). The molecule has 0 aromatic rings. The Bertz CT molecular complexity index is 109. The van der Waals surface area contributed by atoms with Crippen LogP contribution in [0, 0.1) is 10.8 Å². The lowest BCUT2D eigenvalue weighted by molar-refractivity contribution is 0.0648. The van der Waals surface area contributed by atoms with Crippen molar-refractivity contribution in [3.63, 3.8) is 0 Å². The molecule has 0 N–H and O–H groups in total. The van der Waals surface area contributed by atoms with Crippen LogP contribution in [-0.2, 0) is 4.74 Å². The van der Waals surface area contributed by atoms with E-state index >= 15 is 0 Å². The van der Waals surface area contributed by atoms with E-state index in [0.717, 1.165) is 13.2 Å². The van der Waals surface area contributed by atoms with Crippen LogP contribution in [0.5, 0.6) is 0 Å². The molecule has 0 bridgehead atoms. The summed E-state index contributed by atoms with van der Waals surface area (Å²) in [7, 11) is 0. The van der Waals surface area contributed by atoms with E-state index in [0.29, 0.717) is 10.8 Å². The van der Waals surface area contributed by atoms with Crippen molar-refractivity contribution in [3.05, 3.63) is 0 Å². The number of ether oxygens (including phenoxy) is 1. The van der Waals surface area contributed by atoms with Crippen LogP contribution in [0.3, 0.4) is 0 Å². The fraction of sp³-hybridized carbons (Fsp3) is 1.00. The molecule has 80 valence electrons. The summed E-state index contributed by atoms with van der Waals surface area (Å²) in [4.78, 5) is 0. The molecule has 0 aromatic heterocycles. The van der Waals surface area contributed by atoms with Crippen molar-refractivity contribution in [3.8, 4) is 0 Å². The molecule has 1 heteroatoms. The number of hydrogen-bond donors (Lipinski definition) is 0. The summed E-state index contributed by atoms with van der Waals surface area (Å²) in [6.45, 7) is 15.2. The second kappa shape index (κ2) is 4.99. The van der Waals surface area contributed by atoms with Gasteiger partial charge in [-0.1, -0.05) is 41.5 Å². The lowest BCUT2D eigenvalue weighted by Crippen LogP contribution is -2.15. The summed E-state index contributed by atoms with van der Waals surface area (Å²) < 4.78 is 5.59. The van der Waals surface area contributed by atoms with Gasteiger partial charge in [-0.25, -0.2) is 0 Å². The first kappa shape index (κ1) is 13.0. The Morgan fingerprint density at radius 1 is 0.846 bits per heavy atom. The predicted molar refractivity (Wildman–Crippen MR) is 59.0 cm³/mol. The third kappa shape index (κ3) is 12.0. The summed E-state index contributed by atoms with van der Waals surface area (Å²) in [6, 6.07) is 0. The zero-order chi connectivity index (χ0) is 10.5. The minimum absolute atomic E-state index is 0.307. The molecule has 1 nitrogen and oxygen atoms in total. The van der Waals surface area contributed by atoms with Crippen LogP contribution in [-0.4, -0.2) is 13.2 Å². The van der Waals surface area contributed by atoms with Gasteiger partial charge in [0.2, 0.25) is 0 Å². The minimum atomic E-state index is 0.307. The summed E-state index contributed by atoms with van der Waals surface area (Å²) in [5.41, 5.74) is 0.757. The van der Waals surface area contributed by atoms with Crippen molar-refractivity contribution in [2.24, 2.45) is 10.8 Å². The highest BCUT2D eigenvalue weighted by Gasteiger charge is 2.11. The monoisotopic (exact) mass is 186 g/mol. The van der Waals surface area contributed by atoms with Crippen molar-refractivity contribution in [2.75, 3.05) is 13.2 Å². The van der Waals surface area contributed by atoms with Crippen LogP contribution >= 0.6 is 0 Å². The third-order valence-electron chi connectivity index (χ3n) is 1.75. The van der Waals surface area contributed by atoms with Gasteiger partial charge in [0.15, 0.2) is 0 Å².